The van der Waals surface area contributed by atoms with Crippen LogP contribution in [0.1, 0.15) is 40.1 Å². The van der Waals surface area contributed by atoms with E-state index in [-0.39, 0.29) is 19.1 Å². The molecule has 0 atom stereocenters. The van der Waals surface area contributed by atoms with Gasteiger partial charge in [-0.15, -0.1) is 5.10 Å². The zero-order chi connectivity index (χ0) is 27.5. The maximum absolute atomic E-state index is 11.7. The minimum absolute atomic E-state index is 0. The van der Waals surface area contributed by atoms with E-state index in [9.17, 15) is 4.79 Å². The second-order valence-electron chi connectivity index (χ2n) is 10.5. The fraction of sp³-hybridized carbons (Fsp3) is 0.536. The molecular weight excluding hydrogens is 510 g/mol. The molecular formula is C28H39N9O3. The summed E-state index contributed by atoms with van der Waals surface area (Å²) in [5.74, 6) is 1.33. The predicted octanol–water partition coefficient (Wildman–Crippen LogP) is 2.96. The molecule has 6 rings (SSSR count). The highest BCUT2D eigenvalue weighted by atomic mass is 16.5. The number of morpholine rings is 1. The minimum Gasteiger partial charge on any atom is -0.473 e. The van der Waals surface area contributed by atoms with Gasteiger partial charge in [0.1, 0.15) is 23.3 Å². The van der Waals surface area contributed by atoms with Crippen LogP contribution in [0.25, 0.3) is 22.3 Å². The van der Waals surface area contributed by atoms with Crippen LogP contribution in [-0.4, -0.2) is 84.7 Å². The molecule has 1 saturated carbocycles. The van der Waals surface area contributed by atoms with Crippen LogP contribution in [0.3, 0.4) is 0 Å². The van der Waals surface area contributed by atoms with Crippen molar-refractivity contribution >= 4 is 16.7 Å². The smallest absolute Gasteiger partial charge is 0.266 e. The normalized spacial score (nSPS) is 20.1. The lowest BCUT2D eigenvalue weighted by Gasteiger charge is -2.29. The standard InChI is InChI=1S/C28H37N9O3.H2/c1-3-29-25-18-24-22(19-30-25)28(23-10-11-36(31-23)13-12-35-14-16-39-17-15-35)33-37(24)20-4-6-21(7-5-20)40-26-8-9-27(38)34(2)32-26;/h8-11,18-21H,3-7,12-17H2,1-2H3,(H,29,30);1H. The molecule has 12 nitrogen and oxygen atoms in total. The van der Waals surface area contributed by atoms with Crippen molar-refractivity contribution in [1.29, 1.82) is 0 Å². The summed E-state index contributed by atoms with van der Waals surface area (Å²) in [6, 6.07) is 7.53. The van der Waals surface area contributed by atoms with Crippen molar-refractivity contribution in [3.8, 4) is 17.3 Å². The summed E-state index contributed by atoms with van der Waals surface area (Å²) < 4.78 is 17.1. The van der Waals surface area contributed by atoms with Gasteiger partial charge in [-0.3, -0.25) is 19.1 Å². The van der Waals surface area contributed by atoms with Crippen molar-refractivity contribution < 1.29 is 10.9 Å². The van der Waals surface area contributed by atoms with Crippen LogP contribution in [0.15, 0.2) is 41.5 Å². The number of aromatic nitrogens is 7. The molecule has 214 valence electrons. The quantitative estimate of drug-likeness (QED) is 0.336. The molecule has 1 aliphatic carbocycles. The molecule has 1 aliphatic heterocycles. The number of aryl methyl sites for hydroxylation is 1. The average molecular weight is 550 g/mol. The Morgan fingerprint density at radius 3 is 2.67 bits per heavy atom. The van der Waals surface area contributed by atoms with Crippen LogP contribution in [-0.2, 0) is 18.3 Å². The maximum atomic E-state index is 11.7. The molecule has 1 saturated heterocycles. The van der Waals surface area contributed by atoms with Crippen molar-refractivity contribution in [3.05, 3.63) is 47.0 Å². The Bertz CT molecular complexity index is 1500. The number of nitrogens with one attached hydrogen (secondary N) is 1. The summed E-state index contributed by atoms with van der Waals surface area (Å²) in [4.78, 5) is 18.7. The lowest BCUT2D eigenvalue weighted by Crippen LogP contribution is -2.38. The number of hydrogen-bond acceptors (Lipinski definition) is 9. The van der Waals surface area contributed by atoms with Crippen molar-refractivity contribution in [3.63, 3.8) is 0 Å². The first kappa shape index (κ1) is 26.5. The highest BCUT2D eigenvalue weighted by molar-refractivity contribution is 5.93. The lowest BCUT2D eigenvalue weighted by atomic mass is 9.93. The van der Waals surface area contributed by atoms with Crippen molar-refractivity contribution in [2.45, 2.75) is 51.3 Å². The fourth-order valence-corrected chi connectivity index (χ4v) is 5.58. The molecule has 0 unspecified atom stereocenters. The predicted molar refractivity (Wildman–Crippen MR) is 154 cm³/mol. The zero-order valence-corrected chi connectivity index (χ0v) is 23.2. The molecule has 1 N–H and O–H groups in total. The average Bonchev–Trinajstić information content (AvgIpc) is 3.60. The Kier molecular flexibility index (Phi) is 7.78. The summed E-state index contributed by atoms with van der Waals surface area (Å²) in [5.41, 5.74) is 2.64. The van der Waals surface area contributed by atoms with Gasteiger partial charge in [-0.25, -0.2) is 9.67 Å². The highest BCUT2D eigenvalue weighted by Crippen LogP contribution is 2.36. The number of hydrogen-bond donors (Lipinski definition) is 1. The third-order valence-corrected chi connectivity index (χ3v) is 7.80. The monoisotopic (exact) mass is 549 g/mol. The Morgan fingerprint density at radius 2 is 1.90 bits per heavy atom. The topological polar surface area (TPSA) is 117 Å². The maximum Gasteiger partial charge on any atom is 0.266 e. The third kappa shape index (κ3) is 5.73. The van der Waals surface area contributed by atoms with Gasteiger partial charge in [0.15, 0.2) is 0 Å². The van der Waals surface area contributed by atoms with E-state index in [0.717, 1.165) is 99.7 Å². The van der Waals surface area contributed by atoms with E-state index in [0.29, 0.717) is 5.88 Å². The van der Waals surface area contributed by atoms with Crippen molar-refractivity contribution in [2.24, 2.45) is 7.05 Å². The molecule has 0 radical (unpaired) electrons. The van der Waals surface area contributed by atoms with E-state index in [1.807, 2.05) is 17.1 Å². The van der Waals surface area contributed by atoms with Gasteiger partial charge in [-0.1, -0.05) is 0 Å². The number of fused-ring (bicyclic) bond motifs is 1. The number of anilines is 1. The Hall–Kier alpha value is -3.77. The highest BCUT2D eigenvalue weighted by Gasteiger charge is 2.27. The fourth-order valence-electron chi connectivity index (χ4n) is 5.58. The van der Waals surface area contributed by atoms with E-state index in [1.165, 1.54) is 10.7 Å². The van der Waals surface area contributed by atoms with Crippen LogP contribution in [0.4, 0.5) is 5.82 Å². The van der Waals surface area contributed by atoms with E-state index in [4.69, 9.17) is 19.7 Å². The van der Waals surface area contributed by atoms with E-state index in [1.54, 1.807) is 13.1 Å². The molecule has 4 aromatic rings. The van der Waals surface area contributed by atoms with Gasteiger partial charge >= 0.3 is 0 Å². The molecule has 4 aromatic heterocycles. The van der Waals surface area contributed by atoms with Crippen LogP contribution in [0.5, 0.6) is 5.88 Å². The van der Waals surface area contributed by atoms with Gasteiger partial charge in [0.25, 0.3) is 5.56 Å². The number of rotatable bonds is 9. The second kappa shape index (κ2) is 11.8. The molecule has 2 fully saturated rings. The van der Waals surface area contributed by atoms with Crippen molar-refractivity contribution in [2.75, 3.05) is 44.7 Å². The number of ether oxygens (including phenoxy) is 2. The van der Waals surface area contributed by atoms with E-state index >= 15 is 0 Å². The van der Waals surface area contributed by atoms with Crippen LogP contribution >= 0.6 is 0 Å². The first-order chi connectivity index (χ1) is 19.6. The lowest BCUT2D eigenvalue weighted by molar-refractivity contribution is 0.0360. The van der Waals surface area contributed by atoms with Crippen molar-refractivity contribution in [1.82, 2.24) is 39.2 Å². The first-order valence-electron chi connectivity index (χ1n) is 14.2. The van der Waals surface area contributed by atoms with Gasteiger partial charge in [0.05, 0.1) is 31.3 Å². The van der Waals surface area contributed by atoms with Crippen LogP contribution in [0, 0.1) is 0 Å². The molecule has 0 amide bonds. The molecule has 0 aromatic carbocycles. The summed E-state index contributed by atoms with van der Waals surface area (Å²) in [6.45, 7) is 8.19. The van der Waals surface area contributed by atoms with E-state index < -0.39 is 0 Å². The SMILES string of the molecule is CCNc1cc2c(cn1)c(-c1ccn(CCN3CCOCC3)n1)nn2C1CCC(Oc2ccc(=O)n(C)n2)CC1.[HH]. The molecule has 12 heteroatoms. The minimum atomic E-state index is -0.147. The van der Waals surface area contributed by atoms with Gasteiger partial charge in [-0.05, 0) is 38.7 Å². The number of nitrogens with zero attached hydrogens (tertiary/aromatic N) is 8. The first-order valence-corrected chi connectivity index (χ1v) is 14.2. The zero-order valence-electron chi connectivity index (χ0n) is 23.2. The number of pyridine rings is 1. The second-order valence-corrected chi connectivity index (χ2v) is 10.5. The van der Waals surface area contributed by atoms with Gasteiger partial charge in [-0.2, -0.15) is 10.2 Å². The summed E-state index contributed by atoms with van der Waals surface area (Å²) >= 11 is 0. The van der Waals surface area contributed by atoms with Crippen LogP contribution in [0.2, 0.25) is 0 Å². The molecule has 40 heavy (non-hydrogen) atoms. The summed E-state index contributed by atoms with van der Waals surface area (Å²) in [6.07, 6.45) is 7.64. The van der Waals surface area contributed by atoms with Gasteiger partial charge < -0.3 is 14.8 Å². The van der Waals surface area contributed by atoms with E-state index in [2.05, 4.69) is 44.0 Å². The van der Waals surface area contributed by atoms with Gasteiger partial charge in [0, 0.05) is 70.6 Å². The third-order valence-electron chi connectivity index (χ3n) is 7.80. The van der Waals surface area contributed by atoms with Crippen LogP contribution < -0.4 is 15.6 Å². The molecule has 5 heterocycles. The molecule has 0 bridgehead atoms. The molecule has 2 aliphatic rings. The summed E-state index contributed by atoms with van der Waals surface area (Å²) in [5, 5.41) is 18.6. The molecule has 0 spiro atoms. The Balaban J connectivity index is 0.00000337. The Morgan fingerprint density at radius 1 is 1.07 bits per heavy atom. The van der Waals surface area contributed by atoms with Gasteiger partial charge in [0.2, 0.25) is 5.88 Å². The Labute approximate surface area is 234 Å². The summed E-state index contributed by atoms with van der Waals surface area (Å²) in [7, 11) is 1.64. The largest absolute Gasteiger partial charge is 0.473 e.